The van der Waals surface area contributed by atoms with Gasteiger partial charge in [-0.05, 0) is 19.8 Å². The van der Waals surface area contributed by atoms with Gasteiger partial charge in [0.1, 0.15) is 6.04 Å². The van der Waals surface area contributed by atoms with Crippen LogP contribution in [0.25, 0.3) is 0 Å². The Morgan fingerprint density at radius 3 is 2.32 bits per heavy atom. The summed E-state index contributed by atoms with van der Waals surface area (Å²) in [6.45, 7) is 1.59. The van der Waals surface area contributed by atoms with Gasteiger partial charge >= 0.3 is 11.9 Å². The standard InChI is InChI=1S/C10H18N2O6S/c1-7(9(13)14)11-19(16,17)12-5-3-8(4-6-12)10(15)18-2/h7-8,11H,3-6H2,1-2H3,(H,13,14)/t7-/m1/s1. The molecular formula is C10H18N2O6S. The molecule has 0 saturated carbocycles. The van der Waals surface area contributed by atoms with Crippen LogP contribution in [0.3, 0.4) is 0 Å². The van der Waals surface area contributed by atoms with E-state index in [1.807, 2.05) is 0 Å². The minimum atomic E-state index is -3.83. The number of rotatable bonds is 5. The fraction of sp³-hybridized carbons (Fsp3) is 0.800. The molecule has 0 unspecified atom stereocenters. The summed E-state index contributed by atoms with van der Waals surface area (Å²) in [6.07, 6.45) is 0.740. The van der Waals surface area contributed by atoms with Crippen LogP contribution in [-0.2, 0) is 24.5 Å². The molecule has 0 amide bonds. The smallest absolute Gasteiger partial charge is 0.321 e. The lowest BCUT2D eigenvalue weighted by Crippen LogP contribution is -2.50. The van der Waals surface area contributed by atoms with Gasteiger partial charge in [0, 0.05) is 13.1 Å². The highest BCUT2D eigenvalue weighted by atomic mass is 32.2. The Hall–Kier alpha value is -1.19. The average Bonchev–Trinajstić information content (AvgIpc) is 2.37. The van der Waals surface area contributed by atoms with E-state index >= 15 is 0 Å². The largest absolute Gasteiger partial charge is 0.480 e. The van der Waals surface area contributed by atoms with Gasteiger partial charge in [0.05, 0.1) is 13.0 Å². The normalized spacial score (nSPS) is 19.9. The maximum atomic E-state index is 11.9. The maximum absolute atomic E-state index is 11.9. The van der Waals surface area contributed by atoms with E-state index in [2.05, 4.69) is 9.46 Å². The van der Waals surface area contributed by atoms with Gasteiger partial charge in [0.25, 0.3) is 10.2 Å². The predicted molar refractivity (Wildman–Crippen MR) is 65.5 cm³/mol. The predicted octanol–water partition coefficient (Wildman–Crippen LogP) is -0.821. The van der Waals surface area contributed by atoms with E-state index < -0.39 is 22.2 Å². The molecule has 2 N–H and O–H groups in total. The minimum absolute atomic E-state index is 0.168. The summed E-state index contributed by atoms with van der Waals surface area (Å²) in [4.78, 5) is 21.9. The van der Waals surface area contributed by atoms with E-state index in [1.165, 1.54) is 14.0 Å². The number of carboxylic acids is 1. The molecule has 0 radical (unpaired) electrons. The van der Waals surface area contributed by atoms with Crippen molar-refractivity contribution in [2.75, 3.05) is 20.2 Å². The number of esters is 1. The van der Waals surface area contributed by atoms with E-state index in [0.29, 0.717) is 12.8 Å². The van der Waals surface area contributed by atoms with Crippen molar-refractivity contribution in [2.45, 2.75) is 25.8 Å². The number of aliphatic carboxylic acids is 1. The van der Waals surface area contributed by atoms with Crippen LogP contribution in [0, 0.1) is 5.92 Å². The molecule has 19 heavy (non-hydrogen) atoms. The number of hydrogen-bond acceptors (Lipinski definition) is 5. The van der Waals surface area contributed by atoms with Crippen molar-refractivity contribution in [3.05, 3.63) is 0 Å². The van der Waals surface area contributed by atoms with E-state index in [0.717, 1.165) is 4.31 Å². The molecular weight excluding hydrogens is 276 g/mol. The molecule has 0 bridgehead atoms. The van der Waals surface area contributed by atoms with Crippen molar-refractivity contribution in [1.29, 1.82) is 0 Å². The van der Waals surface area contributed by atoms with Crippen molar-refractivity contribution < 1.29 is 27.9 Å². The quantitative estimate of drug-likeness (QED) is 0.640. The molecule has 1 fully saturated rings. The van der Waals surface area contributed by atoms with Crippen LogP contribution >= 0.6 is 0 Å². The summed E-state index contributed by atoms with van der Waals surface area (Å²) < 4.78 is 31.6. The number of ether oxygens (including phenoxy) is 1. The molecule has 1 rings (SSSR count). The lowest BCUT2D eigenvalue weighted by atomic mass is 9.99. The number of nitrogens with one attached hydrogen (secondary N) is 1. The zero-order valence-electron chi connectivity index (χ0n) is 10.8. The number of piperidine rings is 1. The van der Waals surface area contributed by atoms with Crippen LogP contribution < -0.4 is 4.72 Å². The lowest BCUT2D eigenvalue weighted by molar-refractivity contribution is -0.146. The Morgan fingerprint density at radius 1 is 1.37 bits per heavy atom. The number of carbonyl (C=O) groups is 2. The molecule has 0 spiro atoms. The summed E-state index contributed by atoms with van der Waals surface area (Å²) in [7, 11) is -2.54. The summed E-state index contributed by atoms with van der Waals surface area (Å²) in [5.41, 5.74) is 0. The summed E-state index contributed by atoms with van der Waals surface area (Å²) in [5, 5.41) is 8.68. The Bertz CT molecular complexity index is 441. The molecule has 9 heteroatoms. The first-order valence-electron chi connectivity index (χ1n) is 5.86. The Kier molecular flexibility index (Phi) is 5.27. The highest BCUT2D eigenvalue weighted by Crippen LogP contribution is 2.20. The van der Waals surface area contributed by atoms with Crippen molar-refractivity contribution in [3.8, 4) is 0 Å². The van der Waals surface area contributed by atoms with Gasteiger partial charge in [0.15, 0.2) is 0 Å². The van der Waals surface area contributed by atoms with Crippen molar-refractivity contribution in [3.63, 3.8) is 0 Å². The van der Waals surface area contributed by atoms with Gasteiger partial charge in [-0.15, -0.1) is 0 Å². The van der Waals surface area contributed by atoms with Gasteiger partial charge < -0.3 is 9.84 Å². The molecule has 0 aromatic rings. The van der Waals surface area contributed by atoms with Gasteiger partial charge in [-0.25, -0.2) is 0 Å². The summed E-state index contributed by atoms with van der Waals surface area (Å²) in [5.74, 6) is -1.88. The molecule has 0 aliphatic carbocycles. The molecule has 8 nitrogen and oxygen atoms in total. The molecule has 1 atom stereocenters. The molecule has 0 aromatic carbocycles. The van der Waals surface area contributed by atoms with Gasteiger partial charge in [-0.3, -0.25) is 9.59 Å². The van der Waals surface area contributed by atoms with Crippen molar-refractivity contribution in [2.24, 2.45) is 5.92 Å². The second kappa shape index (κ2) is 6.31. The second-order valence-corrected chi connectivity index (χ2v) is 6.08. The average molecular weight is 294 g/mol. The zero-order chi connectivity index (χ0) is 14.6. The lowest BCUT2D eigenvalue weighted by Gasteiger charge is -2.30. The number of carboxylic acid groups (broad SMARTS) is 1. The van der Waals surface area contributed by atoms with Crippen molar-refractivity contribution >= 4 is 22.1 Å². The third kappa shape index (κ3) is 4.15. The summed E-state index contributed by atoms with van der Waals surface area (Å²) in [6, 6.07) is -1.19. The van der Waals surface area contributed by atoms with Crippen molar-refractivity contribution in [1.82, 2.24) is 9.03 Å². The molecule has 1 aliphatic rings. The topological polar surface area (TPSA) is 113 Å². The number of hydrogen-bond donors (Lipinski definition) is 2. The van der Waals surface area contributed by atoms with Crippen LogP contribution in [0.1, 0.15) is 19.8 Å². The molecule has 1 aliphatic heterocycles. The fourth-order valence-electron chi connectivity index (χ4n) is 1.85. The Balaban J connectivity index is 2.59. The minimum Gasteiger partial charge on any atom is -0.480 e. The van der Waals surface area contributed by atoms with Gasteiger partial charge in [-0.1, -0.05) is 0 Å². The van der Waals surface area contributed by atoms with Crippen LogP contribution in [0.15, 0.2) is 0 Å². The SMILES string of the molecule is COC(=O)C1CCN(S(=O)(=O)N[C@H](C)C(=O)O)CC1. The summed E-state index contributed by atoms with van der Waals surface area (Å²) >= 11 is 0. The first kappa shape index (κ1) is 15.9. The molecule has 1 saturated heterocycles. The highest BCUT2D eigenvalue weighted by molar-refractivity contribution is 7.87. The second-order valence-electron chi connectivity index (χ2n) is 4.38. The fourth-order valence-corrected chi connectivity index (χ4v) is 3.24. The third-order valence-electron chi connectivity index (χ3n) is 3.02. The molecule has 110 valence electrons. The van der Waals surface area contributed by atoms with E-state index in [4.69, 9.17) is 5.11 Å². The van der Waals surface area contributed by atoms with Crippen LogP contribution in [0.2, 0.25) is 0 Å². The van der Waals surface area contributed by atoms with Crippen LogP contribution in [-0.4, -0.2) is 56.0 Å². The maximum Gasteiger partial charge on any atom is 0.321 e. The Morgan fingerprint density at radius 2 is 1.89 bits per heavy atom. The van der Waals surface area contributed by atoms with E-state index in [1.54, 1.807) is 0 Å². The first-order valence-corrected chi connectivity index (χ1v) is 7.30. The first-order chi connectivity index (χ1) is 8.77. The van der Waals surface area contributed by atoms with Crippen LogP contribution in [0.5, 0.6) is 0 Å². The van der Waals surface area contributed by atoms with Crippen LogP contribution in [0.4, 0.5) is 0 Å². The van der Waals surface area contributed by atoms with E-state index in [-0.39, 0.29) is 25.0 Å². The number of methoxy groups -OCH3 is 1. The monoisotopic (exact) mass is 294 g/mol. The van der Waals surface area contributed by atoms with E-state index in [9.17, 15) is 18.0 Å². The van der Waals surface area contributed by atoms with Gasteiger partial charge in [-0.2, -0.15) is 17.4 Å². The third-order valence-corrected chi connectivity index (χ3v) is 4.72. The number of nitrogens with zero attached hydrogens (tertiary/aromatic N) is 1. The molecule has 0 aromatic heterocycles. The molecule has 1 heterocycles. The highest BCUT2D eigenvalue weighted by Gasteiger charge is 2.32. The van der Waals surface area contributed by atoms with Gasteiger partial charge in [0.2, 0.25) is 0 Å². The Labute approximate surface area is 111 Å². The number of carbonyl (C=O) groups excluding carboxylic acids is 1. The zero-order valence-corrected chi connectivity index (χ0v) is 11.6.